The molecule has 0 saturated heterocycles. The maximum atomic E-state index is 10.4. The van der Waals surface area contributed by atoms with E-state index < -0.39 is 5.97 Å². The highest BCUT2D eigenvalue weighted by Gasteiger charge is 2.04. The standard InChI is InChI=1S/C13H11NO2S/c1-9-4-2-3-5-10(9)11-8-17-12(14-11)6-7-13(15)16/h2-8H,1H3,(H,15,16)/b7-6+. The molecular weight excluding hydrogens is 234 g/mol. The second kappa shape index (κ2) is 4.93. The average Bonchev–Trinajstić information content (AvgIpc) is 2.75. The van der Waals surface area contributed by atoms with Crippen LogP contribution < -0.4 is 0 Å². The quantitative estimate of drug-likeness (QED) is 0.845. The Balaban J connectivity index is 2.30. The van der Waals surface area contributed by atoms with Gasteiger partial charge >= 0.3 is 5.97 Å². The summed E-state index contributed by atoms with van der Waals surface area (Å²) in [5.41, 5.74) is 3.13. The van der Waals surface area contributed by atoms with Crippen LogP contribution in [0.1, 0.15) is 10.6 Å². The van der Waals surface area contributed by atoms with Gasteiger partial charge in [-0.25, -0.2) is 9.78 Å². The maximum absolute atomic E-state index is 10.4. The van der Waals surface area contributed by atoms with E-state index in [1.807, 2.05) is 36.6 Å². The Morgan fingerprint density at radius 3 is 2.88 bits per heavy atom. The van der Waals surface area contributed by atoms with Crippen molar-refractivity contribution in [1.82, 2.24) is 4.98 Å². The molecule has 0 aliphatic heterocycles. The van der Waals surface area contributed by atoms with E-state index in [0.29, 0.717) is 5.01 Å². The number of carbonyl (C=O) groups is 1. The van der Waals surface area contributed by atoms with Crippen LogP contribution in [0, 0.1) is 6.92 Å². The largest absolute Gasteiger partial charge is 0.478 e. The highest BCUT2D eigenvalue weighted by atomic mass is 32.1. The van der Waals surface area contributed by atoms with Gasteiger partial charge in [0.25, 0.3) is 0 Å². The SMILES string of the molecule is Cc1ccccc1-c1csc(/C=C/C(=O)O)n1. The highest BCUT2D eigenvalue weighted by Crippen LogP contribution is 2.25. The normalized spacial score (nSPS) is 10.9. The molecule has 1 aromatic carbocycles. The van der Waals surface area contributed by atoms with Crippen molar-refractivity contribution in [2.75, 3.05) is 0 Å². The number of carboxylic acids is 1. The number of carboxylic acid groups (broad SMARTS) is 1. The van der Waals surface area contributed by atoms with E-state index in [0.717, 1.165) is 22.9 Å². The van der Waals surface area contributed by atoms with Crippen LogP contribution in [0.25, 0.3) is 17.3 Å². The molecular formula is C13H11NO2S. The Labute approximate surface area is 103 Å². The Kier molecular flexibility index (Phi) is 3.35. The van der Waals surface area contributed by atoms with E-state index in [9.17, 15) is 4.79 Å². The minimum atomic E-state index is -0.961. The van der Waals surface area contributed by atoms with Crippen LogP contribution in [0.15, 0.2) is 35.7 Å². The molecule has 4 heteroatoms. The van der Waals surface area contributed by atoms with E-state index in [-0.39, 0.29) is 0 Å². The first kappa shape index (κ1) is 11.5. The number of rotatable bonds is 3. The first-order valence-corrected chi connectivity index (χ1v) is 5.97. The molecule has 86 valence electrons. The third-order valence-corrected chi connectivity index (χ3v) is 3.12. The summed E-state index contributed by atoms with van der Waals surface area (Å²) in [4.78, 5) is 14.8. The number of benzene rings is 1. The lowest BCUT2D eigenvalue weighted by atomic mass is 10.1. The molecule has 0 fully saturated rings. The second-order valence-corrected chi connectivity index (χ2v) is 4.45. The third-order valence-electron chi connectivity index (χ3n) is 2.31. The molecule has 0 spiro atoms. The Bertz CT molecular complexity index is 572. The average molecular weight is 245 g/mol. The minimum Gasteiger partial charge on any atom is -0.478 e. The number of aryl methyl sites for hydroxylation is 1. The monoisotopic (exact) mass is 245 g/mol. The van der Waals surface area contributed by atoms with Crippen molar-refractivity contribution >= 4 is 23.4 Å². The first-order valence-electron chi connectivity index (χ1n) is 5.09. The predicted molar refractivity (Wildman–Crippen MR) is 69.0 cm³/mol. The van der Waals surface area contributed by atoms with Gasteiger partial charge in [-0.2, -0.15) is 0 Å². The predicted octanol–water partition coefficient (Wildman–Crippen LogP) is 3.22. The van der Waals surface area contributed by atoms with Crippen molar-refractivity contribution in [2.45, 2.75) is 6.92 Å². The van der Waals surface area contributed by atoms with Gasteiger partial charge in [0.1, 0.15) is 5.01 Å². The van der Waals surface area contributed by atoms with Crippen LogP contribution in [0.2, 0.25) is 0 Å². The summed E-state index contributed by atoms with van der Waals surface area (Å²) in [6.07, 6.45) is 2.61. The Morgan fingerprint density at radius 2 is 2.18 bits per heavy atom. The molecule has 2 rings (SSSR count). The smallest absolute Gasteiger partial charge is 0.328 e. The summed E-state index contributed by atoms with van der Waals surface area (Å²) in [7, 11) is 0. The molecule has 1 N–H and O–H groups in total. The summed E-state index contributed by atoms with van der Waals surface area (Å²) in [6, 6.07) is 7.99. The van der Waals surface area contributed by atoms with Crippen LogP contribution in [0.3, 0.4) is 0 Å². The van der Waals surface area contributed by atoms with Crippen molar-refractivity contribution in [3.8, 4) is 11.3 Å². The Morgan fingerprint density at radius 1 is 1.41 bits per heavy atom. The molecule has 17 heavy (non-hydrogen) atoms. The van der Waals surface area contributed by atoms with Crippen LogP contribution in [-0.2, 0) is 4.79 Å². The molecule has 0 atom stereocenters. The fourth-order valence-electron chi connectivity index (χ4n) is 1.49. The molecule has 1 heterocycles. The number of nitrogens with zero attached hydrogens (tertiary/aromatic N) is 1. The molecule has 0 saturated carbocycles. The van der Waals surface area contributed by atoms with Crippen LogP contribution in [-0.4, -0.2) is 16.1 Å². The van der Waals surface area contributed by atoms with Crippen molar-refractivity contribution in [3.05, 3.63) is 46.3 Å². The van der Waals surface area contributed by atoms with Gasteiger partial charge in [0.15, 0.2) is 0 Å². The number of hydrogen-bond donors (Lipinski definition) is 1. The van der Waals surface area contributed by atoms with Gasteiger partial charge in [0.05, 0.1) is 5.69 Å². The molecule has 3 nitrogen and oxygen atoms in total. The van der Waals surface area contributed by atoms with Gasteiger partial charge < -0.3 is 5.11 Å². The minimum absolute atomic E-state index is 0.700. The van der Waals surface area contributed by atoms with E-state index in [1.165, 1.54) is 17.4 Å². The van der Waals surface area contributed by atoms with E-state index in [4.69, 9.17) is 5.11 Å². The number of thiazole rings is 1. The van der Waals surface area contributed by atoms with Gasteiger partial charge in [-0.1, -0.05) is 24.3 Å². The van der Waals surface area contributed by atoms with Crippen molar-refractivity contribution < 1.29 is 9.90 Å². The van der Waals surface area contributed by atoms with Crippen molar-refractivity contribution in [1.29, 1.82) is 0 Å². The lowest BCUT2D eigenvalue weighted by Crippen LogP contribution is -1.86. The van der Waals surface area contributed by atoms with Crippen LogP contribution in [0.5, 0.6) is 0 Å². The summed E-state index contributed by atoms with van der Waals surface area (Å²) in [6.45, 7) is 2.03. The second-order valence-electron chi connectivity index (χ2n) is 3.56. The first-order chi connectivity index (χ1) is 8.16. The number of aromatic nitrogens is 1. The Hall–Kier alpha value is -1.94. The summed E-state index contributed by atoms with van der Waals surface area (Å²) in [5, 5.41) is 11.2. The van der Waals surface area contributed by atoms with E-state index in [2.05, 4.69) is 4.98 Å². The fraction of sp³-hybridized carbons (Fsp3) is 0.0769. The zero-order valence-electron chi connectivity index (χ0n) is 9.25. The van der Waals surface area contributed by atoms with Gasteiger partial charge in [-0.3, -0.25) is 0 Å². The van der Waals surface area contributed by atoms with E-state index in [1.54, 1.807) is 0 Å². The van der Waals surface area contributed by atoms with Crippen LogP contribution in [0.4, 0.5) is 0 Å². The lowest BCUT2D eigenvalue weighted by Gasteiger charge is -2.00. The molecule has 1 aromatic heterocycles. The van der Waals surface area contributed by atoms with Gasteiger partial charge in [0, 0.05) is 17.0 Å². The lowest BCUT2D eigenvalue weighted by molar-refractivity contribution is -0.131. The topological polar surface area (TPSA) is 50.2 Å². The summed E-state index contributed by atoms with van der Waals surface area (Å²) in [5.74, 6) is -0.961. The van der Waals surface area contributed by atoms with Gasteiger partial charge in [-0.15, -0.1) is 11.3 Å². The highest BCUT2D eigenvalue weighted by molar-refractivity contribution is 7.10. The van der Waals surface area contributed by atoms with Crippen molar-refractivity contribution in [3.63, 3.8) is 0 Å². The molecule has 0 bridgehead atoms. The molecule has 0 aliphatic rings. The van der Waals surface area contributed by atoms with E-state index >= 15 is 0 Å². The maximum Gasteiger partial charge on any atom is 0.328 e. The molecule has 0 amide bonds. The number of hydrogen-bond acceptors (Lipinski definition) is 3. The van der Waals surface area contributed by atoms with Gasteiger partial charge in [0.2, 0.25) is 0 Å². The number of aliphatic carboxylic acids is 1. The summed E-state index contributed by atoms with van der Waals surface area (Å²) < 4.78 is 0. The zero-order chi connectivity index (χ0) is 12.3. The molecule has 2 aromatic rings. The molecule has 0 aliphatic carbocycles. The van der Waals surface area contributed by atoms with Crippen LogP contribution >= 0.6 is 11.3 Å². The molecule has 0 radical (unpaired) electrons. The van der Waals surface area contributed by atoms with Gasteiger partial charge in [-0.05, 0) is 18.6 Å². The molecule has 0 unspecified atom stereocenters. The van der Waals surface area contributed by atoms with Crippen molar-refractivity contribution in [2.24, 2.45) is 0 Å². The third kappa shape index (κ3) is 2.79. The summed E-state index contributed by atoms with van der Waals surface area (Å²) >= 11 is 1.43. The fourth-order valence-corrected chi connectivity index (χ4v) is 2.20. The zero-order valence-corrected chi connectivity index (χ0v) is 10.1.